The summed E-state index contributed by atoms with van der Waals surface area (Å²) in [7, 11) is 1.90. The van der Waals surface area contributed by atoms with Gasteiger partial charge in [0, 0.05) is 13.7 Å². The van der Waals surface area contributed by atoms with Gasteiger partial charge in [-0.1, -0.05) is 0 Å². The van der Waals surface area contributed by atoms with Gasteiger partial charge in [0.2, 0.25) is 5.88 Å². The van der Waals surface area contributed by atoms with Gasteiger partial charge >= 0.3 is 0 Å². The van der Waals surface area contributed by atoms with Crippen LogP contribution in [-0.4, -0.2) is 21.3 Å². The number of aromatic hydroxyl groups is 1. The molecule has 0 unspecified atom stereocenters. The molecule has 0 spiro atoms. The van der Waals surface area contributed by atoms with Crippen LogP contribution in [0.15, 0.2) is 6.20 Å². The van der Waals surface area contributed by atoms with Crippen LogP contribution in [0.25, 0.3) is 0 Å². The summed E-state index contributed by atoms with van der Waals surface area (Å²) < 4.78 is 7.75. The molecular weight excluding hydrogens is 192 g/mol. The van der Waals surface area contributed by atoms with Crippen molar-refractivity contribution in [2.24, 2.45) is 7.05 Å². The van der Waals surface area contributed by atoms with Gasteiger partial charge in [0.15, 0.2) is 0 Å². The lowest BCUT2D eigenvalue weighted by Gasteiger charge is -2.27. The Balaban J connectivity index is 2.35. The van der Waals surface area contributed by atoms with Crippen molar-refractivity contribution in [1.82, 2.24) is 9.55 Å². The fraction of sp³-hybridized carbons (Fsp3) is 0.727. The third-order valence-corrected chi connectivity index (χ3v) is 3.10. The van der Waals surface area contributed by atoms with Crippen molar-refractivity contribution in [3.63, 3.8) is 0 Å². The van der Waals surface area contributed by atoms with Crippen molar-refractivity contribution >= 4 is 0 Å². The van der Waals surface area contributed by atoms with Gasteiger partial charge in [0.25, 0.3) is 0 Å². The van der Waals surface area contributed by atoms with Gasteiger partial charge in [-0.25, -0.2) is 0 Å². The summed E-state index contributed by atoms with van der Waals surface area (Å²) in [5, 5.41) is 9.39. The van der Waals surface area contributed by atoms with E-state index in [1.807, 2.05) is 18.5 Å². The monoisotopic (exact) mass is 210 g/mol. The molecule has 0 bridgehead atoms. The molecule has 1 aliphatic carbocycles. The molecule has 1 aromatic heterocycles. The summed E-state index contributed by atoms with van der Waals surface area (Å²) >= 11 is 0. The van der Waals surface area contributed by atoms with Gasteiger partial charge in [-0.3, -0.25) is 0 Å². The number of imidazole rings is 1. The van der Waals surface area contributed by atoms with Crippen LogP contribution in [0.5, 0.6) is 5.88 Å². The Labute approximate surface area is 89.9 Å². The first kappa shape index (κ1) is 10.5. The van der Waals surface area contributed by atoms with Crippen LogP contribution in [-0.2, 0) is 17.4 Å². The molecule has 0 atom stereocenters. The summed E-state index contributed by atoms with van der Waals surface area (Å²) in [5.41, 5.74) is -0.259. The molecule has 15 heavy (non-hydrogen) atoms. The number of nitrogens with zero attached hydrogens (tertiary/aromatic N) is 2. The first-order valence-corrected chi connectivity index (χ1v) is 5.55. The minimum atomic E-state index is -0.259. The Morgan fingerprint density at radius 2 is 2.20 bits per heavy atom. The Morgan fingerprint density at radius 1 is 1.53 bits per heavy atom. The first-order chi connectivity index (χ1) is 7.18. The lowest BCUT2D eigenvalue weighted by molar-refractivity contribution is -0.0476. The predicted octanol–water partition coefficient (Wildman–Crippen LogP) is 1.93. The topological polar surface area (TPSA) is 47.3 Å². The van der Waals surface area contributed by atoms with E-state index >= 15 is 0 Å². The molecule has 0 aromatic carbocycles. The Kier molecular flexibility index (Phi) is 2.69. The van der Waals surface area contributed by atoms with E-state index in [4.69, 9.17) is 4.74 Å². The number of rotatable bonds is 3. The van der Waals surface area contributed by atoms with Gasteiger partial charge in [0.05, 0.1) is 6.20 Å². The quantitative estimate of drug-likeness (QED) is 0.829. The Hall–Kier alpha value is -1.03. The standard InChI is InChI=1S/C11H18N2O2/c1-3-15-11(6-4-5-7-11)10-12-9(14)8-13(10)2/h8,14H,3-7H2,1-2H3. The Bertz CT molecular complexity index is 340. The highest BCUT2D eigenvalue weighted by atomic mass is 16.5. The van der Waals surface area contributed by atoms with Crippen molar-refractivity contribution in [3.8, 4) is 5.88 Å². The second-order valence-corrected chi connectivity index (χ2v) is 4.17. The largest absolute Gasteiger partial charge is 0.492 e. The van der Waals surface area contributed by atoms with Crippen LogP contribution in [0.3, 0.4) is 0 Å². The van der Waals surface area contributed by atoms with E-state index in [9.17, 15) is 5.11 Å². The third kappa shape index (κ3) is 1.74. The molecule has 0 amide bonds. The highest BCUT2D eigenvalue weighted by Crippen LogP contribution is 2.41. The summed E-state index contributed by atoms with van der Waals surface area (Å²) in [6.07, 6.45) is 5.99. The molecule has 0 aliphatic heterocycles. The maximum Gasteiger partial charge on any atom is 0.229 e. The fourth-order valence-corrected chi connectivity index (χ4v) is 2.53. The number of hydrogen-bond donors (Lipinski definition) is 1. The molecule has 1 fully saturated rings. The zero-order valence-corrected chi connectivity index (χ0v) is 9.36. The highest BCUT2D eigenvalue weighted by molar-refractivity contribution is 5.15. The molecule has 84 valence electrons. The number of aromatic nitrogens is 2. The minimum absolute atomic E-state index is 0.0819. The number of ether oxygens (including phenoxy) is 1. The molecule has 1 heterocycles. The van der Waals surface area contributed by atoms with Crippen LogP contribution in [0, 0.1) is 0 Å². The lowest BCUT2D eigenvalue weighted by Crippen LogP contribution is -2.29. The first-order valence-electron chi connectivity index (χ1n) is 5.55. The van der Waals surface area contributed by atoms with Crippen molar-refractivity contribution in [3.05, 3.63) is 12.0 Å². The Morgan fingerprint density at radius 3 is 2.67 bits per heavy atom. The third-order valence-electron chi connectivity index (χ3n) is 3.10. The molecule has 1 aromatic rings. The zero-order valence-electron chi connectivity index (χ0n) is 9.36. The molecule has 2 rings (SSSR count). The second-order valence-electron chi connectivity index (χ2n) is 4.17. The predicted molar refractivity (Wildman–Crippen MR) is 56.6 cm³/mol. The van der Waals surface area contributed by atoms with Crippen molar-refractivity contribution in [1.29, 1.82) is 0 Å². The summed E-state index contributed by atoms with van der Waals surface area (Å²) in [6, 6.07) is 0. The van der Waals surface area contributed by atoms with Crippen molar-refractivity contribution in [2.45, 2.75) is 38.2 Å². The fourth-order valence-electron chi connectivity index (χ4n) is 2.53. The SMILES string of the molecule is CCOC1(c2nc(O)cn2C)CCCC1. The molecule has 1 N–H and O–H groups in total. The van der Waals surface area contributed by atoms with Gasteiger partial charge in [-0.15, -0.1) is 0 Å². The van der Waals surface area contributed by atoms with Crippen molar-refractivity contribution < 1.29 is 9.84 Å². The van der Waals surface area contributed by atoms with E-state index in [1.165, 1.54) is 12.8 Å². The zero-order chi connectivity index (χ0) is 10.9. The van der Waals surface area contributed by atoms with Crippen LogP contribution in [0.1, 0.15) is 38.4 Å². The van der Waals surface area contributed by atoms with Crippen LogP contribution in [0.4, 0.5) is 0 Å². The molecule has 4 heteroatoms. The van der Waals surface area contributed by atoms with E-state index in [1.54, 1.807) is 6.20 Å². The van der Waals surface area contributed by atoms with Crippen LogP contribution in [0.2, 0.25) is 0 Å². The van der Waals surface area contributed by atoms with Gasteiger partial charge < -0.3 is 14.4 Å². The lowest BCUT2D eigenvalue weighted by atomic mass is 10.0. The summed E-state index contributed by atoms with van der Waals surface area (Å²) in [4.78, 5) is 4.18. The van der Waals surface area contributed by atoms with E-state index in [0.29, 0.717) is 6.61 Å². The smallest absolute Gasteiger partial charge is 0.229 e. The normalized spacial score (nSPS) is 19.6. The summed E-state index contributed by atoms with van der Waals surface area (Å²) in [5.74, 6) is 0.942. The molecule has 0 radical (unpaired) electrons. The van der Waals surface area contributed by atoms with Crippen LogP contribution < -0.4 is 0 Å². The van der Waals surface area contributed by atoms with E-state index in [0.717, 1.165) is 18.7 Å². The summed E-state index contributed by atoms with van der Waals surface area (Å²) in [6.45, 7) is 2.69. The molecule has 0 saturated heterocycles. The maximum atomic E-state index is 9.39. The number of aryl methyl sites for hydroxylation is 1. The highest BCUT2D eigenvalue weighted by Gasteiger charge is 2.40. The average molecular weight is 210 g/mol. The van der Waals surface area contributed by atoms with E-state index < -0.39 is 0 Å². The van der Waals surface area contributed by atoms with Crippen LogP contribution >= 0.6 is 0 Å². The molecule has 1 aliphatic rings. The minimum Gasteiger partial charge on any atom is -0.492 e. The maximum absolute atomic E-state index is 9.39. The van der Waals surface area contributed by atoms with Crippen molar-refractivity contribution in [2.75, 3.05) is 6.61 Å². The average Bonchev–Trinajstić information content (AvgIpc) is 2.75. The molecule has 1 saturated carbocycles. The van der Waals surface area contributed by atoms with E-state index in [2.05, 4.69) is 4.98 Å². The van der Waals surface area contributed by atoms with Gasteiger partial charge in [0.1, 0.15) is 11.4 Å². The van der Waals surface area contributed by atoms with Gasteiger partial charge in [-0.05, 0) is 32.6 Å². The molecule has 4 nitrogen and oxygen atoms in total. The van der Waals surface area contributed by atoms with Gasteiger partial charge in [-0.2, -0.15) is 4.98 Å². The van der Waals surface area contributed by atoms with E-state index in [-0.39, 0.29) is 11.5 Å². The second kappa shape index (κ2) is 3.85. The molecular formula is C11H18N2O2. The number of hydrogen-bond acceptors (Lipinski definition) is 3.